The van der Waals surface area contributed by atoms with E-state index in [9.17, 15) is 13.2 Å². The maximum Gasteiger partial charge on any atom is 0.244 e. The maximum absolute atomic E-state index is 12.0. The molecule has 1 aromatic rings. The average Bonchev–Trinajstić information content (AvgIpc) is 2.39. The van der Waals surface area contributed by atoms with Gasteiger partial charge in [0.25, 0.3) is 0 Å². The van der Waals surface area contributed by atoms with Crippen molar-refractivity contribution in [2.24, 2.45) is 0 Å². The first-order valence-corrected chi connectivity index (χ1v) is 7.82. The summed E-state index contributed by atoms with van der Waals surface area (Å²) in [6.07, 6.45) is 0.0179. The van der Waals surface area contributed by atoms with Gasteiger partial charge in [0.05, 0.1) is 11.5 Å². The van der Waals surface area contributed by atoms with Crippen LogP contribution in [0.1, 0.15) is 24.5 Å². The first-order chi connectivity index (χ1) is 9.36. The molecule has 0 saturated heterocycles. The third kappa shape index (κ3) is 4.92. The van der Waals surface area contributed by atoms with Crippen molar-refractivity contribution in [2.45, 2.75) is 32.1 Å². The molecule has 0 aliphatic carbocycles. The van der Waals surface area contributed by atoms with Crippen molar-refractivity contribution in [1.82, 2.24) is 10.2 Å². The van der Waals surface area contributed by atoms with Crippen LogP contribution in [0.5, 0.6) is 0 Å². The fourth-order valence-electron chi connectivity index (χ4n) is 1.47. The third-order valence-electron chi connectivity index (χ3n) is 2.76. The molecule has 0 heterocycles. The van der Waals surface area contributed by atoms with Crippen LogP contribution in [-0.4, -0.2) is 27.5 Å². The summed E-state index contributed by atoms with van der Waals surface area (Å²) in [7, 11) is -3.59. The lowest BCUT2D eigenvalue weighted by atomic mass is 10.1. The summed E-state index contributed by atoms with van der Waals surface area (Å²) in [5.74, 6) is -0.366. The Morgan fingerprint density at radius 2 is 1.95 bits per heavy atom. The second-order valence-corrected chi connectivity index (χ2v) is 6.12. The molecule has 0 radical (unpaired) electrons. The topological polar surface area (TPSA) is 84.5 Å². The summed E-state index contributed by atoms with van der Waals surface area (Å²) in [6.45, 7) is 5.89. The number of carbonyl (C=O) groups excluding carboxylic acids is 1. The monoisotopic (exact) mass is 300 g/mol. The molecule has 0 aliphatic heterocycles. The first kappa shape index (κ1) is 16.6. The second kappa shape index (κ2) is 7.37. The van der Waals surface area contributed by atoms with Gasteiger partial charge in [0.2, 0.25) is 15.9 Å². The van der Waals surface area contributed by atoms with Crippen LogP contribution in [-0.2, 0) is 19.7 Å². The molecule has 0 aliphatic rings. The molecule has 0 saturated carbocycles. The van der Waals surface area contributed by atoms with E-state index >= 15 is 0 Å². The number of amides is 1. The van der Waals surface area contributed by atoms with Gasteiger partial charge >= 0.3 is 0 Å². The van der Waals surface area contributed by atoms with Crippen LogP contribution in [0.2, 0.25) is 0 Å². The summed E-state index contributed by atoms with van der Waals surface area (Å²) in [5, 5.41) is 0. The van der Waals surface area contributed by atoms with Crippen LogP contribution < -0.4 is 10.2 Å². The van der Waals surface area contributed by atoms with E-state index < -0.39 is 10.0 Å². The van der Waals surface area contributed by atoms with Gasteiger partial charge in [-0.1, -0.05) is 6.07 Å². The number of rotatable bonds is 7. The smallest absolute Gasteiger partial charge is 0.244 e. The van der Waals surface area contributed by atoms with Crippen molar-refractivity contribution in [2.75, 3.05) is 13.2 Å². The molecule has 0 fully saturated rings. The Hall–Kier alpha value is -1.44. The minimum Gasteiger partial charge on any atom is -0.274 e. The molecule has 0 unspecified atom stereocenters. The Bertz CT molecular complexity index is 570. The van der Waals surface area contributed by atoms with Gasteiger partial charge in [0, 0.05) is 13.0 Å². The summed E-state index contributed by atoms with van der Waals surface area (Å²) in [5.41, 5.74) is 4.13. The number of nitrogens with one attached hydrogen (secondary N) is 2. The Morgan fingerprint density at radius 3 is 2.55 bits per heavy atom. The van der Waals surface area contributed by atoms with Crippen molar-refractivity contribution >= 4 is 15.9 Å². The summed E-state index contributed by atoms with van der Waals surface area (Å²) in [6, 6.07) is 4.91. The van der Waals surface area contributed by atoms with E-state index in [1.165, 1.54) is 0 Å². The lowest BCUT2D eigenvalue weighted by Crippen LogP contribution is -2.30. The Kier molecular flexibility index (Phi) is 6.12. The lowest BCUT2D eigenvalue weighted by molar-refractivity contribution is -0.132. The van der Waals surface area contributed by atoms with E-state index in [1.54, 1.807) is 25.1 Å². The van der Waals surface area contributed by atoms with Gasteiger partial charge in [-0.2, -0.15) is 0 Å². The number of sulfonamides is 1. The number of carbonyl (C=O) groups is 1. The summed E-state index contributed by atoms with van der Waals surface area (Å²) in [4.78, 5) is 16.2. The Labute approximate surface area is 119 Å². The molecule has 1 rings (SSSR count). The average molecular weight is 300 g/mol. The molecule has 112 valence electrons. The van der Waals surface area contributed by atoms with Gasteiger partial charge < -0.3 is 0 Å². The SMILES string of the molecule is CCONC(=O)CCNS(=O)(=O)c1ccc(C)c(C)c1. The number of hydroxylamine groups is 1. The third-order valence-corrected chi connectivity index (χ3v) is 4.22. The molecule has 0 spiro atoms. The molecule has 7 heteroatoms. The van der Waals surface area contributed by atoms with Gasteiger partial charge in [-0.15, -0.1) is 0 Å². The van der Waals surface area contributed by atoms with E-state index in [1.807, 2.05) is 13.8 Å². The molecular formula is C13H20N2O4S. The number of benzene rings is 1. The van der Waals surface area contributed by atoms with Crippen LogP contribution in [0.4, 0.5) is 0 Å². The standard InChI is InChI=1S/C13H20N2O4S/c1-4-19-15-13(16)7-8-14-20(17,18)12-6-5-10(2)11(3)9-12/h5-6,9,14H,4,7-8H2,1-3H3,(H,15,16). The molecule has 0 bridgehead atoms. The maximum atomic E-state index is 12.0. The molecule has 0 atom stereocenters. The minimum atomic E-state index is -3.59. The normalized spacial score (nSPS) is 11.3. The van der Waals surface area contributed by atoms with Crippen molar-refractivity contribution in [1.29, 1.82) is 0 Å². The van der Waals surface area contributed by atoms with Crippen LogP contribution in [0, 0.1) is 13.8 Å². The van der Waals surface area contributed by atoms with Gasteiger partial charge in [-0.25, -0.2) is 18.6 Å². The van der Waals surface area contributed by atoms with Crippen LogP contribution in [0.25, 0.3) is 0 Å². The van der Waals surface area contributed by atoms with Crippen molar-refractivity contribution in [3.05, 3.63) is 29.3 Å². The highest BCUT2D eigenvalue weighted by Gasteiger charge is 2.14. The Morgan fingerprint density at radius 1 is 1.25 bits per heavy atom. The number of hydrogen-bond donors (Lipinski definition) is 2. The molecule has 0 aromatic heterocycles. The Balaban J connectivity index is 2.57. The zero-order valence-corrected chi connectivity index (χ0v) is 12.7. The highest BCUT2D eigenvalue weighted by Crippen LogP contribution is 2.14. The largest absolute Gasteiger partial charge is 0.274 e. The van der Waals surface area contributed by atoms with Crippen LogP contribution in [0.15, 0.2) is 23.1 Å². The van der Waals surface area contributed by atoms with Gasteiger partial charge in [0.15, 0.2) is 0 Å². The van der Waals surface area contributed by atoms with Crippen molar-refractivity contribution in [3.8, 4) is 0 Å². The van der Waals surface area contributed by atoms with Crippen LogP contribution >= 0.6 is 0 Å². The fourth-order valence-corrected chi connectivity index (χ4v) is 2.58. The number of aryl methyl sites for hydroxylation is 2. The predicted octanol–water partition coefficient (Wildman–Crippen LogP) is 1.04. The fraction of sp³-hybridized carbons (Fsp3) is 0.462. The molecule has 1 aromatic carbocycles. The first-order valence-electron chi connectivity index (χ1n) is 6.34. The van der Waals surface area contributed by atoms with E-state index in [-0.39, 0.29) is 23.8 Å². The van der Waals surface area contributed by atoms with E-state index in [0.717, 1.165) is 11.1 Å². The predicted molar refractivity (Wildman–Crippen MR) is 75.5 cm³/mol. The molecule has 6 nitrogen and oxygen atoms in total. The minimum absolute atomic E-state index is 0.0179. The summed E-state index contributed by atoms with van der Waals surface area (Å²) >= 11 is 0. The molecular weight excluding hydrogens is 280 g/mol. The van der Waals surface area contributed by atoms with E-state index in [2.05, 4.69) is 10.2 Å². The van der Waals surface area contributed by atoms with Gasteiger partial charge in [-0.05, 0) is 44.0 Å². The van der Waals surface area contributed by atoms with Crippen molar-refractivity contribution < 1.29 is 18.0 Å². The molecule has 20 heavy (non-hydrogen) atoms. The van der Waals surface area contributed by atoms with E-state index in [4.69, 9.17) is 4.84 Å². The molecule has 2 N–H and O–H groups in total. The molecule has 1 amide bonds. The van der Waals surface area contributed by atoms with Gasteiger partial charge in [-0.3, -0.25) is 9.63 Å². The zero-order chi connectivity index (χ0) is 15.2. The highest BCUT2D eigenvalue weighted by atomic mass is 32.2. The van der Waals surface area contributed by atoms with Gasteiger partial charge in [0.1, 0.15) is 0 Å². The van der Waals surface area contributed by atoms with Crippen molar-refractivity contribution in [3.63, 3.8) is 0 Å². The van der Waals surface area contributed by atoms with Crippen LogP contribution in [0.3, 0.4) is 0 Å². The lowest BCUT2D eigenvalue weighted by Gasteiger charge is -2.08. The number of hydrogen-bond acceptors (Lipinski definition) is 4. The second-order valence-electron chi connectivity index (χ2n) is 4.35. The summed E-state index contributed by atoms with van der Waals surface area (Å²) < 4.78 is 26.4. The quantitative estimate of drug-likeness (QED) is 0.737. The highest BCUT2D eigenvalue weighted by molar-refractivity contribution is 7.89. The van der Waals surface area contributed by atoms with E-state index in [0.29, 0.717) is 6.61 Å². The zero-order valence-electron chi connectivity index (χ0n) is 11.9.